The highest BCUT2D eigenvalue weighted by Gasteiger charge is 2.18. The lowest BCUT2D eigenvalue weighted by molar-refractivity contribution is -0.116. The lowest BCUT2D eigenvalue weighted by Gasteiger charge is -2.21. The first-order valence-electron chi connectivity index (χ1n) is 6.08. The van der Waals surface area contributed by atoms with Crippen molar-refractivity contribution in [1.29, 1.82) is 0 Å². The van der Waals surface area contributed by atoms with Gasteiger partial charge < -0.3 is 15.4 Å². The van der Waals surface area contributed by atoms with Crippen LogP contribution in [0.1, 0.15) is 34.1 Å². The number of carbonyl (C=O) groups excluding carboxylic acids is 2. The summed E-state index contributed by atoms with van der Waals surface area (Å²) in [6.45, 7) is 7.14. The normalized spacial score (nSPS) is 12.6. The lowest BCUT2D eigenvalue weighted by Crippen LogP contribution is -2.39. The monoisotopic (exact) mass is 284 g/mol. The largest absolute Gasteiger partial charge is 0.444 e. The van der Waals surface area contributed by atoms with E-state index in [4.69, 9.17) is 4.74 Å². The van der Waals surface area contributed by atoms with Crippen LogP contribution in [0.5, 0.6) is 0 Å². The topological polar surface area (TPSA) is 67.4 Å². The van der Waals surface area contributed by atoms with E-state index < -0.39 is 11.7 Å². The van der Waals surface area contributed by atoms with Crippen molar-refractivity contribution in [3.05, 3.63) is 16.8 Å². The number of anilines is 1. The maximum Gasteiger partial charge on any atom is 0.407 e. The maximum absolute atomic E-state index is 11.7. The predicted molar refractivity (Wildman–Crippen MR) is 76.4 cm³/mol. The number of nitrogens with one attached hydrogen (secondary N) is 2. The quantitative estimate of drug-likeness (QED) is 0.893. The molecule has 0 saturated carbocycles. The van der Waals surface area contributed by atoms with E-state index in [1.54, 1.807) is 27.7 Å². The van der Waals surface area contributed by atoms with Gasteiger partial charge in [-0.05, 0) is 39.1 Å². The lowest BCUT2D eigenvalue weighted by atomic mass is 10.2. The Kier molecular flexibility index (Phi) is 5.35. The van der Waals surface area contributed by atoms with Gasteiger partial charge in [-0.2, -0.15) is 11.3 Å². The van der Waals surface area contributed by atoms with Crippen molar-refractivity contribution >= 4 is 29.0 Å². The summed E-state index contributed by atoms with van der Waals surface area (Å²) >= 11 is 1.51. The van der Waals surface area contributed by atoms with Crippen LogP contribution in [0, 0.1) is 0 Å². The zero-order valence-electron chi connectivity index (χ0n) is 11.6. The minimum Gasteiger partial charge on any atom is -0.444 e. The van der Waals surface area contributed by atoms with Crippen LogP contribution in [0.15, 0.2) is 16.8 Å². The molecule has 106 valence electrons. The van der Waals surface area contributed by atoms with Gasteiger partial charge in [0.05, 0.1) is 5.69 Å². The van der Waals surface area contributed by atoms with Gasteiger partial charge in [0.2, 0.25) is 5.91 Å². The molecule has 19 heavy (non-hydrogen) atoms. The van der Waals surface area contributed by atoms with E-state index in [1.807, 2.05) is 16.8 Å². The average Bonchev–Trinajstić information content (AvgIpc) is 2.65. The Morgan fingerprint density at radius 2 is 2.11 bits per heavy atom. The van der Waals surface area contributed by atoms with Crippen LogP contribution in [-0.4, -0.2) is 23.6 Å². The Hall–Kier alpha value is -1.56. The van der Waals surface area contributed by atoms with Gasteiger partial charge >= 0.3 is 6.09 Å². The fourth-order valence-corrected chi connectivity index (χ4v) is 1.97. The molecule has 1 unspecified atom stereocenters. The minimum atomic E-state index is -0.539. The van der Waals surface area contributed by atoms with Crippen molar-refractivity contribution in [3.8, 4) is 0 Å². The summed E-state index contributed by atoms with van der Waals surface area (Å²) in [7, 11) is 0. The average molecular weight is 284 g/mol. The van der Waals surface area contributed by atoms with E-state index in [9.17, 15) is 9.59 Å². The number of hydrogen-bond donors (Lipinski definition) is 2. The molecule has 0 spiro atoms. The third-order valence-corrected chi connectivity index (χ3v) is 2.74. The van der Waals surface area contributed by atoms with E-state index in [1.165, 1.54) is 11.3 Å². The van der Waals surface area contributed by atoms with Crippen molar-refractivity contribution in [2.75, 3.05) is 5.32 Å². The summed E-state index contributed by atoms with van der Waals surface area (Å²) in [6.07, 6.45) is -0.307. The summed E-state index contributed by atoms with van der Waals surface area (Å²) in [5.41, 5.74) is 0.238. The predicted octanol–water partition coefficient (Wildman–Crippen LogP) is 2.99. The van der Waals surface area contributed by atoms with E-state index in [0.29, 0.717) is 0 Å². The zero-order chi connectivity index (χ0) is 14.5. The molecule has 6 heteroatoms. The Labute approximate surface area is 117 Å². The highest BCUT2D eigenvalue weighted by molar-refractivity contribution is 7.08. The summed E-state index contributed by atoms with van der Waals surface area (Å²) < 4.78 is 5.12. The first-order chi connectivity index (χ1) is 8.76. The van der Waals surface area contributed by atoms with Crippen LogP contribution >= 0.6 is 11.3 Å². The van der Waals surface area contributed by atoms with Crippen molar-refractivity contribution in [3.63, 3.8) is 0 Å². The van der Waals surface area contributed by atoms with E-state index in [-0.39, 0.29) is 18.4 Å². The van der Waals surface area contributed by atoms with E-state index >= 15 is 0 Å². The second kappa shape index (κ2) is 6.56. The molecule has 2 N–H and O–H groups in total. The fraction of sp³-hybridized carbons (Fsp3) is 0.538. The molecule has 1 atom stereocenters. The molecule has 0 fully saturated rings. The first-order valence-corrected chi connectivity index (χ1v) is 7.02. The molecule has 1 aromatic rings. The van der Waals surface area contributed by atoms with Gasteiger partial charge in [0.15, 0.2) is 0 Å². The summed E-state index contributed by atoms with van der Waals surface area (Å²) in [5.74, 6) is -0.137. The number of amides is 2. The van der Waals surface area contributed by atoms with Gasteiger partial charge in [0.1, 0.15) is 5.60 Å². The number of alkyl carbamates (subject to hydrolysis) is 1. The van der Waals surface area contributed by atoms with Crippen LogP contribution < -0.4 is 10.6 Å². The molecule has 0 aliphatic heterocycles. The Morgan fingerprint density at radius 1 is 1.42 bits per heavy atom. The van der Waals surface area contributed by atoms with Crippen molar-refractivity contribution in [1.82, 2.24) is 5.32 Å². The number of thiophene rings is 1. The number of carbonyl (C=O) groups is 2. The Bertz CT molecular complexity index is 424. The maximum atomic E-state index is 11.7. The van der Waals surface area contributed by atoms with Gasteiger partial charge in [0.25, 0.3) is 0 Å². The van der Waals surface area contributed by atoms with Gasteiger partial charge in [-0.3, -0.25) is 4.79 Å². The molecule has 0 saturated heterocycles. The summed E-state index contributed by atoms with van der Waals surface area (Å²) in [5, 5.41) is 9.12. The summed E-state index contributed by atoms with van der Waals surface area (Å²) in [6, 6.07) is 1.54. The van der Waals surface area contributed by atoms with Crippen LogP contribution in [-0.2, 0) is 9.53 Å². The smallest absolute Gasteiger partial charge is 0.407 e. The van der Waals surface area contributed by atoms with Gasteiger partial charge in [-0.15, -0.1) is 0 Å². The first kappa shape index (κ1) is 15.5. The minimum absolute atomic E-state index is 0.137. The van der Waals surface area contributed by atoms with Crippen LogP contribution in [0.3, 0.4) is 0 Å². The third-order valence-electron chi connectivity index (χ3n) is 2.06. The molecular formula is C13H20N2O3S. The molecule has 1 rings (SSSR count). The zero-order valence-corrected chi connectivity index (χ0v) is 12.5. The number of ether oxygens (including phenoxy) is 1. The highest BCUT2D eigenvalue weighted by atomic mass is 32.1. The standard InChI is InChI=1S/C13H20N2O3S/c1-9(14-12(17)18-13(2,3)4)7-11(16)15-10-5-6-19-8-10/h5-6,8-9H,7H2,1-4H3,(H,14,17)(H,15,16). The second-order valence-corrected chi connectivity index (χ2v) is 6.09. The molecule has 2 amide bonds. The van der Waals surface area contributed by atoms with Crippen molar-refractivity contribution in [2.45, 2.75) is 45.8 Å². The summed E-state index contributed by atoms with van der Waals surface area (Å²) in [4.78, 5) is 23.2. The van der Waals surface area contributed by atoms with Crippen molar-refractivity contribution in [2.24, 2.45) is 0 Å². The van der Waals surface area contributed by atoms with Crippen LogP contribution in [0.4, 0.5) is 10.5 Å². The second-order valence-electron chi connectivity index (χ2n) is 5.31. The van der Waals surface area contributed by atoms with Crippen molar-refractivity contribution < 1.29 is 14.3 Å². The number of hydrogen-bond acceptors (Lipinski definition) is 4. The Balaban J connectivity index is 2.32. The van der Waals surface area contributed by atoms with Gasteiger partial charge in [-0.1, -0.05) is 0 Å². The molecule has 0 aliphatic rings. The van der Waals surface area contributed by atoms with E-state index in [2.05, 4.69) is 10.6 Å². The van der Waals surface area contributed by atoms with Gasteiger partial charge in [-0.25, -0.2) is 4.79 Å². The molecule has 0 radical (unpaired) electrons. The third kappa shape index (κ3) is 6.81. The molecule has 0 aromatic carbocycles. The van der Waals surface area contributed by atoms with Gasteiger partial charge in [0, 0.05) is 17.8 Å². The van der Waals surface area contributed by atoms with Crippen LogP contribution in [0.2, 0.25) is 0 Å². The Morgan fingerprint density at radius 3 is 2.63 bits per heavy atom. The molecule has 0 bridgehead atoms. The van der Waals surface area contributed by atoms with E-state index in [0.717, 1.165) is 5.69 Å². The van der Waals surface area contributed by atoms with Crippen LogP contribution in [0.25, 0.3) is 0 Å². The highest BCUT2D eigenvalue weighted by Crippen LogP contribution is 2.12. The number of rotatable bonds is 4. The molecule has 5 nitrogen and oxygen atoms in total. The molecule has 0 aliphatic carbocycles. The fourth-order valence-electron chi connectivity index (χ4n) is 1.39. The SMILES string of the molecule is CC(CC(=O)Nc1ccsc1)NC(=O)OC(C)(C)C. The molecule has 1 heterocycles. The molecule has 1 aromatic heterocycles. The molecular weight excluding hydrogens is 264 g/mol.